The number of rotatable bonds is 6. The molecule has 0 bridgehead atoms. The van der Waals surface area contributed by atoms with Crippen LogP contribution in [0.5, 0.6) is 0 Å². The second-order valence-electron chi connectivity index (χ2n) is 3.92. The highest BCUT2D eigenvalue weighted by atomic mass is 16.5. The van der Waals surface area contributed by atoms with E-state index in [-0.39, 0.29) is 0 Å². The van der Waals surface area contributed by atoms with Crippen molar-refractivity contribution in [3.05, 3.63) is 29.8 Å². The molecule has 1 rings (SSSR count). The molecular formula is C13H22N2O. The highest BCUT2D eigenvalue weighted by Crippen LogP contribution is 2.21. The lowest BCUT2D eigenvalue weighted by atomic mass is 10.1. The third-order valence-electron chi connectivity index (χ3n) is 2.80. The molecular weight excluding hydrogens is 200 g/mol. The minimum Gasteiger partial charge on any atom is -0.383 e. The van der Waals surface area contributed by atoms with Gasteiger partial charge in [0.05, 0.1) is 6.61 Å². The average molecular weight is 222 g/mol. The summed E-state index contributed by atoms with van der Waals surface area (Å²) in [5.74, 6) is 0. The van der Waals surface area contributed by atoms with E-state index in [9.17, 15) is 0 Å². The van der Waals surface area contributed by atoms with Crippen LogP contribution in [0, 0.1) is 0 Å². The van der Waals surface area contributed by atoms with Crippen molar-refractivity contribution in [3.8, 4) is 0 Å². The number of ether oxygens (including phenoxy) is 1. The molecule has 3 nitrogen and oxygen atoms in total. The topological polar surface area (TPSA) is 38.5 Å². The minimum absolute atomic E-state index is 0.364. The number of hydrogen-bond donors (Lipinski definition) is 1. The van der Waals surface area contributed by atoms with Crippen LogP contribution in [0.4, 0.5) is 5.69 Å². The molecule has 1 atom stereocenters. The first-order valence-electron chi connectivity index (χ1n) is 5.78. The van der Waals surface area contributed by atoms with E-state index in [1.807, 2.05) is 6.07 Å². The first kappa shape index (κ1) is 13.0. The maximum atomic E-state index is 5.76. The summed E-state index contributed by atoms with van der Waals surface area (Å²) in [6.45, 7) is 6.58. The fourth-order valence-electron chi connectivity index (χ4n) is 2.01. The van der Waals surface area contributed by atoms with Gasteiger partial charge in [-0.25, -0.2) is 0 Å². The van der Waals surface area contributed by atoms with Gasteiger partial charge >= 0.3 is 0 Å². The predicted octanol–water partition coefficient (Wildman–Crippen LogP) is 2.01. The number of para-hydroxylation sites is 1. The van der Waals surface area contributed by atoms with E-state index in [2.05, 4.69) is 36.9 Å². The molecule has 0 heterocycles. The maximum absolute atomic E-state index is 5.76. The number of nitrogens with zero attached hydrogens (tertiary/aromatic N) is 1. The van der Waals surface area contributed by atoms with Crippen molar-refractivity contribution in [1.29, 1.82) is 0 Å². The Labute approximate surface area is 98.2 Å². The second-order valence-corrected chi connectivity index (χ2v) is 3.92. The van der Waals surface area contributed by atoms with Gasteiger partial charge < -0.3 is 15.4 Å². The molecule has 0 aliphatic rings. The summed E-state index contributed by atoms with van der Waals surface area (Å²) in [5.41, 5.74) is 8.17. The molecule has 2 N–H and O–H groups in total. The van der Waals surface area contributed by atoms with Crippen LogP contribution in [0.15, 0.2) is 24.3 Å². The van der Waals surface area contributed by atoms with E-state index in [1.54, 1.807) is 7.11 Å². The molecule has 0 aromatic heterocycles. The molecule has 1 aromatic carbocycles. The fraction of sp³-hybridized carbons (Fsp3) is 0.538. The standard InChI is InChI=1S/C13H22N2O/c1-4-15(11(2)10-16-3)13-8-6-5-7-12(13)9-14/h5-8,11H,4,9-10,14H2,1-3H3. The van der Waals surface area contributed by atoms with Gasteiger partial charge in [0.2, 0.25) is 0 Å². The number of anilines is 1. The molecule has 0 amide bonds. The van der Waals surface area contributed by atoms with Crippen LogP contribution < -0.4 is 10.6 Å². The van der Waals surface area contributed by atoms with E-state index in [0.29, 0.717) is 12.6 Å². The van der Waals surface area contributed by atoms with E-state index < -0.39 is 0 Å². The van der Waals surface area contributed by atoms with Crippen LogP contribution in [-0.4, -0.2) is 26.3 Å². The van der Waals surface area contributed by atoms with Gasteiger partial charge in [-0.05, 0) is 25.5 Å². The fourth-order valence-corrected chi connectivity index (χ4v) is 2.01. The van der Waals surface area contributed by atoms with Gasteiger partial charge in [0.1, 0.15) is 0 Å². The third-order valence-corrected chi connectivity index (χ3v) is 2.80. The van der Waals surface area contributed by atoms with Crippen molar-refractivity contribution in [1.82, 2.24) is 0 Å². The van der Waals surface area contributed by atoms with E-state index in [4.69, 9.17) is 10.5 Å². The van der Waals surface area contributed by atoms with Crippen LogP contribution >= 0.6 is 0 Å². The zero-order chi connectivity index (χ0) is 12.0. The highest BCUT2D eigenvalue weighted by molar-refractivity contribution is 5.54. The van der Waals surface area contributed by atoms with Crippen molar-refractivity contribution >= 4 is 5.69 Å². The van der Waals surface area contributed by atoms with Crippen molar-refractivity contribution in [2.24, 2.45) is 5.73 Å². The maximum Gasteiger partial charge on any atom is 0.0663 e. The van der Waals surface area contributed by atoms with Crippen molar-refractivity contribution in [2.45, 2.75) is 26.4 Å². The summed E-state index contributed by atoms with van der Waals surface area (Å²) >= 11 is 0. The number of benzene rings is 1. The van der Waals surface area contributed by atoms with Crippen LogP contribution in [0.3, 0.4) is 0 Å². The molecule has 1 unspecified atom stereocenters. The monoisotopic (exact) mass is 222 g/mol. The van der Waals surface area contributed by atoms with Gasteiger partial charge in [0.25, 0.3) is 0 Å². The zero-order valence-electron chi connectivity index (χ0n) is 10.4. The van der Waals surface area contributed by atoms with Crippen molar-refractivity contribution in [2.75, 3.05) is 25.2 Å². The van der Waals surface area contributed by atoms with Crippen molar-refractivity contribution in [3.63, 3.8) is 0 Å². The summed E-state index contributed by atoms with van der Waals surface area (Å²) in [6, 6.07) is 8.65. The molecule has 1 aromatic rings. The van der Waals surface area contributed by atoms with Gasteiger partial charge in [0.15, 0.2) is 0 Å². The third kappa shape index (κ3) is 2.97. The predicted molar refractivity (Wildman–Crippen MR) is 68.7 cm³/mol. The van der Waals surface area contributed by atoms with Gasteiger partial charge in [-0.2, -0.15) is 0 Å². The molecule has 0 saturated heterocycles. The molecule has 0 aliphatic carbocycles. The van der Waals surface area contributed by atoms with Gasteiger partial charge in [-0.1, -0.05) is 18.2 Å². The van der Waals surface area contributed by atoms with Gasteiger partial charge in [0, 0.05) is 31.9 Å². The lowest BCUT2D eigenvalue weighted by Gasteiger charge is -2.31. The summed E-state index contributed by atoms with van der Waals surface area (Å²) in [5, 5.41) is 0. The first-order chi connectivity index (χ1) is 7.74. The number of nitrogens with two attached hydrogens (primary N) is 1. The number of hydrogen-bond acceptors (Lipinski definition) is 3. The quantitative estimate of drug-likeness (QED) is 0.800. The molecule has 0 radical (unpaired) electrons. The average Bonchev–Trinajstić information content (AvgIpc) is 2.31. The Morgan fingerprint density at radius 1 is 1.38 bits per heavy atom. The molecule has 0 aliphatic heterocycles. The molecule has 0 fully saturated rings. The molecule has 90 valence electrons. The number of methoxy groups -OCH3 is 1. The highest BCUT2D eigenvalue weighted by Gasteiger charge is 2.14. The second kappa shape index (κ2) is 6.51. The summed E-state index contributed by atoms with van der Waals surface area (Å²) in [7, 11) is 1.74. The Morgan fingerprint density at radius 3 is 2.62 bits per heavy atom. The van der Waals surface area contributed by atoms with Crippen LogP contribution in [-0.2, 0) is 11.3 Å². The lowest BCUT2D eigenvalue weighted by molar-refractivity contribution is 0.182. The molecule has 3 heteroatoms. The largest absolute Gasteiger partial charge is 0.383 e. The van der Waals surface area contributed by atoms with E-state index in [1.165, 1.54) is 11.3 Å². The van der Waals surface area contributed by atoms with Crippen molar-refractivity contribution < 1.29 is 4.74 Å². The Morgan fingerprint density at radius 2 is 2.06 bits per heavy atom. The van der Waals surface area contributed by atoms with Crippen LogP contribution in [0.2, 0.25) is 0 Å². The normalized spacial score (nSPS) is 12.5. The van der Waals surface area contributed by atoms with Gasteiger partial charge in [-0.15, -0.1) is 0 Å². The lowest BCUT2D eigenvalue weighted by Crippen LogP contribution is -2.36. The Balaban J connectivity index is 2.93. The Kier molecular flexibility index (Phi) is 5.29. The van der Waals surface area contributed by atoms with Crippen LogP contribution in [0.1, 0.15) is 19.4 Å². The minimum atomic E-state index is 0.364. The Hall–Kier alpha value is -1.06. The summed E-state index contributed by atoms with van der Waals surface area (Å²) in [4.78, 5) is 2.33. The molecule has 16 heavy (non-hydrogen) atoms. The summed E-state index contributed by atoms with van der Waals surface area (Å²) < 4.78 is 5.21. The zero-order valence-corrected chi connectivity index (χ0v) is 10.4. The Bertz CT molecular complexity index is 315. The molecule has 0 spiro atoms. The molecule has 0 saturated carbocycles. The smallest absolute Gasteiger partial charge is 0.0663 e. The SMILES string of the molecule is CCN(c1ccccc1CN)C(C)COC. The van der Waals surface area contributed by atoms with Crippen LogP contribution in [0.25, 0.3) is 0 Å². The number of likely N-dealkylation sites (N-methyl/N-ethyl adjacent to an activating group) is 1. The van der Waals surface area contributed by atoms with E-state index >= 15 is 0 Å². The first-order valence-corrected chi connectivity index (χ1v) is 5.78. The summed E-state index contributed by atoms with van der Waals surface area (Å²) in [6.07, 6.45) is 0. The van der Waals surface area contributed by atoms with E-state index in [0.717, 1.165) is 13.2 Å². The van der Waals surface area contributed by atoms with Gasteiger partial charge in [-0.3, -0.25) is 0 Å².